The topological polar surface area (TPSA) is 28.2 Å². The number of aromatic nitrogens is 1. The molecule has 2 heterocycles. The predicted octanol–water partition coefficient (Wildman–Crippen LogP) is 2.99. The van der Waals surface area contributed by atoms with Crippen LogP contribution in [0.15, 0.2) is 18.3 Å². The Labute approximate surface area is 117 Å². The maximum Gasteiger partial charge on any atom is 0.0605 e. The van der Waals surface area contributed by atoms with Crippen LogP contribution in [0.25, 0.3) is 0 Å². The van der Waals surface area contributed by atoms with Gasteiger partial charge in [-0.2, -0.15) is 0 Å². The molecule has 0 spiro atoms. The number of pyridine rings is 1. The van der Waals surface area contributed by atoms with E-state index in [4.69, 9.17) is 0 Å². The van der Waals surface area contributed by atoms with Gasteiger partial charge in [0, 0.05) is 31.4 Å². The van der Waals surface area contributed by atoms with Crippen molar-refractivity contribution in [1.29, 1.82) is 0 Å². The summed E-state index contributed by atoms with van der Waals surface area (Å²) < 4.78 is 0. The summed E-state index contributed by atoms with van der Waals surface area (Å²) in [6.07, 6.45) is 4.30. The summed E-state index contributed by atoms with van der Waals surface area (Å²) in [5.41, 5.74) is 2.45. The normalized spacial score (nSPS) is 23.9. The van der Waals surface area contributed by atoms with Crippen LogP contribution < -0.4 is 10.2 Å². The van der Waals surface area contributed by atoms with Crippen LogP contribution in [-0.4, -0.2) is 30.2 Å². The Hall–Kier alpha value is -1.09. The lowest BCUT2D eigenvalue weighted by Gasteiger charge is -2.42. The van der Waals surface area contributed by atoms with Crippen LogP contribution in [0, 0.1) is 12.8 Å². The highest BCUT2D eigenvalue weighted by Gasteiger charge is 2.28. The Balaban J connectivity index is 2.16. The molecule has 2 atom stereocenters. The van der Waals surface area contributed by atoms with E-state index in [1.807, 2.05) is 6.20 Å². The van der Waals surface area contributed by atoms with Crippen molar-refractivity contribution in [1.82, 2.24) is 10.3 Å². The summed E-state index contributed by atoms with van der Waals surface area (Å²) in [4.78, 5) is 7.01. The van der Waals surface area contributed by atoms with Crippen LogP contribution >= 0.6 is 0 Å². The third-order valence-electron chi connectivity index (χ3n) is 4.02. The molecule has 3 heteroatoms. The lowest BCUT2D eigenvalue weighted by atomic mass is 9.98. The molecular weight excluding hydrogens is 234 g/mol. The summed E-state index contributed by atoms with van der Waals surface area (Å²) in [5, 5.41) is 3.71. The number of anilines is 1. The fourth-order valence-corrected chi connectivity index (χ4v) is 3.03. The molecule has 1 N–H and O–H groups in total. The van der Waals surface area contributed by atoms with Crippen LogP contribution in [0.3, 0.4) is 0 Å². The summed E-state index contributed by atoms with van der Waals surface area (Å²) in [6.45, 7) is 11.2. The molecule has 0 saturated carbocycles. The van der Waals surface area contributed by atoms with Crippen LogP contribution in [0.4, 0.5) is 5.69 Å². The van der Waals surface area contributed by atoms with Gasteiger partial charge in [0.05, 0.1) is 11.4 Å². The second-order valence-electron chi connectivity index (χ2n) is 6.06. The van der Waals surface area contributed by atoms with Crippen molar-refractivity contribution in [2.75, 3.05) is 18.0 Å². The Morgan fingerprint density at radius 1 is 1.47 bits per heavy atom. The molecule has 2 unspecified atom stereocenters. The SMILES string of the molecule is CCC1CNC(CC(C)C)CN1c1cccnc1C. The zero-order valence-corrected chi connectivity index (χ0v) is 12.7. The van der Waals surface area contributed by atoms with Gasteiger partial charge in [0.15, 0.2) is 0 Å². The van der Waals surface area contributed by atoms with E-state index < -0.39 is 0 Å². The van der Waals surface area contributed by atoms with E-state index in [0.717, 1.165) is 24.7 Å². The Morgan fingerprint density at radius 3 is 2.89 bits per heavy atom. The first kappa shape index (κ1) is 14.3. The van der Waals surface area contributed by atoms with Crippen molar-refractivity contribution in [3.63, 3.8) is 0 Å². The van der Waals surface area contributed by atoms with Crippen molar-refractivity contribution in [2.24, 2.45) is 5.92 Å². The molecule has 3 nitrogen and oxygen atoms in total. The van der Waals surface area contributed by atoms with Crippen molar-refractivity contribution >= 4 is 5.69 Å². The third kappa shape index (κ3) is 3.47. The maximum atomic E-state index is 4.45. The zero-order chi connectivity index (χ0) is 13.8. The molecule has 1 aromatic rings. The number of nitrogens with zero attached hydrogens (tertiary/aromatic N) is 2. The first-order valence-electron chi connectivity index (χ1n) is 7.53. The van der Waals surface area contributed by atoms with E-state index in [9.17, 15) is 0 Å². The van der Waals surface area contributed by atoms with Gasteiger partial charge in [0.2, 0.25) is 0 Å². The van der Waals surface area contributed by atoms with Gasteiger partial charge in [-0.1, -0.05) is 20.8 Å². The zero-order valence-electron chi connectivity index (χ0n) is 12.7. The highest BCUT2D eigenvalue weighted by Crippen LogP contribution is 2.25. The van der Waals surface area contributed by atoms with Crippen LogP contribution in [0.5, 0.6) is 0 Å². The maximum absolute atomic E-state index is 4.45. The highest BCUT2D eigenvalue weighted by atomic mass is 15.2. The van der Waals surface area contributed by atoms with Crippen molar-refractivity contribution in [3.05, 3.63) is 24.0 Å². The lowest BCUT2D eigenvalue weighted by molar-refractivity contribution is 0.343. The molecule has 19 heavy (non-hydrogen) atoms. The Bertz CT molecular complexity index is 403. The molecule has 0 radical (unpaired) electrons. The van der Waals surface area contributed by atoms with Crippen LogP contribution in [-0.2, 0) is 0 Å². The average molecular weight is 261 g/mol. The second kappa shape index (κ2) is 6.38. The van der Waals surface area contributed by atoms with E-state index in [0.29, 0.717) is 12.1 Å². The second-order valence-corrected chi connectivity index (χ2v) is 6.06. The van der Waals surface area contributed by atoms with E-state index in [1.165, 1.54) is 18.5 Å². The van der Waals surface area contributed by atoms with Crippen molar-refractivity contribution in [3.8, 4) is 0 Å². The lowest BCUT2D eigenvalue weighted by Crippen LogP contribution is -2.57. The molecule has 0 aliphatic carbocycles. The summed E-state index contributed by atoms with van der Waals surface area (Å²) in [6, 6.07) is 5.45. The standard InChI is InChI=1S/C16H27N3/c1-5-15-10-18-14(9-12(2)3)11-19(15)16-7-6-8-17-13(16)4/h6-8,12,14-15,18H,5,9-11H2,1-4H3. The first-order valence-corrected chi connectivity index (χ1v) is 7.53. The summed E-state index contributed by atoms with van der Waals surface area (Å²) in [7, 11) is 0. The first-order chi connectivity index (χ1) is 9.11. The van der Waals surface area contributed by atoms with E-state index in [-0.39, 0.29) is 0 Å². The number of hydrogen-bond donors (Lipinski definition) is 1. The van der Waals surface area contributed by atoms with Crippen molar-refractivity contribution < 1.29 is 0 Å². The summed E-state index contributed by atoms with van der Waals surface area (Å²) >= 11 is 0. The molecule has 1 aromatic heterocycles. The minimum absolute atomic E-state index is 0.589. The minimum Gasteiger partial charge on any atom is -0.364 e. The molecule has 0 bridgehead atoms. The number of nitrogens with one attached hydrogen (secondary N) is 1. The van der Waals surface area contributed by atoms with Gasteiger partial charge in [-0.25, -0.2) is 0 Å². The minimum atomic E-state index is 0.589. The third-order valence-corrected chi connectivity index (χ3v) is 4.02. The van der Waals surface area contributed by atoms with Crippen molar-refractivity contribution in [2.45, 2.75) is 52.6 Å². The van der Waals surface area contributed by atoms with Gasteiger partial charge in [0.25, 0.3) is 0 Å². The smallest absolute Gasteiger partial charge is 0.0605 e. The molecule has 1 saturated heterocycles. The fraction of sp³-hybridized carbons (Fsp3) is 0.688. The quantitative estimate of drug-likeness (QED) is 0.903. The largest absolute Gasteiger partial charge is 0.364 e. The number of aryl methyl sites for hydroxylation is 1. The molecule has 106 valence electrons. The number of piperazine rings is 1. The average Bonchev–Trinajstić information content (AvgIpc) is 2.38. The predicted molar refractivity (Wildman–Crippen MR) is 81.6 cm³/mol. The molecule has 0 aromatic carbocycles. The Kier molecular flexibility index (Phi) is 4.81. The fourth-order valence-electron chi connectivity index (χ4n) is 3.03. The monoisotopic (exact) mass is 261 g/mol. The van der Waals surface area contributed by atoms with Gasteiger partial charge in [0.1, 0.15) is 0 Å². The van der Waals surface area contributed by atoms with Crippen LogP contribution in [0.1, 0.15) is 39.3 Å². The molecule has 1 aliphatic heterocycles. The molecule has 1 aliphatic rings. The number of rotatable bonds is 4. The van der Waals surface area contributed by atoms with Crippen LogP contribution in [0.2, 0.25) is 0 Å². The van der Waals surface area contributed by atoms with Gasteiger partial charge in [-0.15, -0.1) is 0 Å². The van der Waals surface area contributed by atoms with Gasteiger partial charge < -0.3 is 10.2 Å². The van der Waals surface area contributed by atoms with Gasteiger partial charge in [-0.05, 0) is 37.8 Å². The molecule has 1 fully saturated rings. The highest BCUT2D eigenvalue weighted by molar-refractivity contribution is 5.51. The molecular formula is C16H27N3. The van der Waals surface area contributed by atoms with E-state index in [2.05, 4.69) is 55.0 Å². The molecule has 2 rings (SSSR count). The van der Waals surface area contributed by atoms with E-state index >= 15 is 0 Å². The molecule has 0 amide bonds. The van der Waals surface area contributed by atoms with Gasteiger partial charge >= 0.3 is 0 Å². The summed E-state index contributed by atoms with van der Waals surface area (Å²) in [5.74, 6) is 0.743. The van der Waals surface area contributed by atoms with Gasteiger partial charge in [-0.3, -0.25) is 4.98 Å². The Morgan fingerprint density at radius 2 is 2.26 bits per heavy atom. The number of hydrogen-bond acceptors (Lipinski definition) is 3. The van der Waals surface area contributed by atoms with E-state index in [1.54, 1.807) is 0 Å².